The molecule has 6 nitrogen and oxygen atoms in total. The average Bonchev–Trinajstić information content (AvgIpc) is 1.82. The molecule has 0 aliphatic heterocycles. The van der Waals surface area contributed by atoms with Crippen molar-refractivity contribution in [2.75, 3.05) is 27.2 Å². The van der Waals surface area contributed by atoms with E-state index in [1.165, 1.54) is 0 Å². The van der Waals surface area contributed by atoms with E-state index in [1.54, 1.807) is 0 Å². The first kappa shape index (κ1) is 24.4. The molecule has 0 aliphatic carbocycles. The molecule has 0 saturated heterocycles. The fourth-order valence-electron chi connectivity index (χ4n) is 0.200. The zero-order valence-electron chi connectivity index (χ0n) is 9.65. The van der Waals surface area contributed by atoms with Crippen molar-refractivity contribution >= 4 is 49.7 Å². The summed E-state index contributed by atoms with van der Waals surface area (Å²) in [5, 5.41) is 26.0. The van der Waals surface area contributed by atoms with Gasteiger partial charge in [-0.05, 0) is 27.9 Å². The van der Waals surface area contributed by atoms with Crippen molar-refractivity contribution in [3.8, 4) is 0 Å². The molecule has 1 N–H and O–H groups in total. The third kappa shape index (κ3) is 213. The van der Waals surface area contributed by atoms with E-state index < -0.39 is 11.9 Å². The first-order chi connectivity index (χ1) is 6.23. The van der Waals surface area contributed by atoms with Crippen LogP contribution >= 0.6 is 0 Å². The van der Waals surface area contributed by atoms with Crippen LogP contribution in [0.15, 0.2) is 0 Å². The first-order valence-corrected chi connectivity index (χ1v) is 3.84. The summed E-state index contributed by atoms with van der Waals surface area (Å²) in [7, 11) is 3.85. The van der Waals surface area contributed by atoms with Crippen molar-refractivity contribution in [3.63, 3.8) is 0 Å². The zero-order valence-corrected chi connectivity index (χ0v) is 11.9. The number of hydrogen-bond donors (Lipinski definition) is 1. The van der Waals surface area contributed by atoms with E-state index in [4.69, 9.17) is 24.9 Å². The van der Waals surface area contributed by atoms with Gasteiger partial charge in [0, 0.05) is 18.5 Å². The molecule has 0 rings (SSSR count). The number of likely N-dealkylation sites (N-methyl/N-ethyl adjacent to an activating group) is 1. The molecule has 0 spiro atoms. The predicted octanol–water partition coefficient (Wildman–Crippen LogP) is -3.33. The molecule has 0 aromatic rings. The van der Waals surface area contributed by atoms with Crippen LogP contribution in [0.2, 0.25) is 0 Å². The molecule has 0 atom stereocenters. The summed E-state index contributed by atoms with van der Waals surface area (Å²) in [5.41, 5.74) is 0. The Kier molecular flexibility index (Phi) is 31.9. The van der Waals surface area contributed by atoms with Crippen LogP contribution < -0.4 is 10.2 Å². The number of carboxylic acid groups (broad SMARTS) is 2. The van der Waals surface area contributed by atoms with Crippen LogP contribution in [0.1, 0.15) is 13.8 Å². The molecule has 0 heterocycles. The molecule has 0 saturated carbocycles. The fraction of sp³-hybridized carbons (Fsp3) is 0.750. The van der Waals surface area contributed by atoms with E-state index in [9.17, 15) is 0 Å². The summed E-state index contributed by atoms with van der Waals surface area (Å²) in [5.74, 6) is -2.17. The smallest absolute Gasteiger partial charge is 0.550 e. The molecule has 0 aliphatic rings. The fourth-order valence-corrected chi connectivity index (χ4v) is 0.200. The van der Waals surface area contributed by atoms with E-state index in [0.717, 1.165) is 20.4 Å². The van der Waals surface area contributed by atoms with E-state index in [2.05, 4.69) is 0 Å². The van der Waals surface area contributed by atoms with Gasteiger partial charge in [0.15, 0.2) is 0 Å². The van der Waals surface area contributed by atoms with E-state index in [0.29, 0.717) is 0 Å². The van der Waals surface area contributed by atoms with Crippen molar-refractivity contribution in [3.05, 3.63) is 0 Å². The number of aliphatic hydroxyl groups is 1. The summed E-state index contributed by atoms with van der Waals surface area (Å²) in [6.07, 6.45) is 0. The van der Waals surface area contributed by atoms with Crippen LogP contribution in [0.3, 0.4) is 0 Å². The molecule has 0 fully saturated rings. The Hall–Kier alpha value is 0.120. The molecule has 0 aromatic carbocycles. The molecule has 0 aromatic heterocycles. The maximum absolute atomic E-state index is 8.89. The molecule has 0 unspecified atom stereocenters. The molecule has 7 heteroatoms. The third-order valence-corrected chi connectivity index (χ3v) is 0.547. The summed E-state index contributed by atoms with van der Waals surface area (Å²) in [6, 6.07) is 0. The number of carbonyl (C=O) groups is 2. The van der Waals surface area contributed by atoms with Crippen molar-refractivity contribution in [2.45, 2.75) is 13.8 Å². The normalized spacial score (nSPS) is 7.33. The quantitative estimate of drug-likeness (QED) is 0.512. The average molecular weight is 247 g/mol. The number of carbonyl (C=O) groups excluding carboxylic acids is 2. The standard InChI is InChI=1S/C4H11NO.2C2H4O2.Ca/c1-5(2)3-4-6;2*1-2(3)4;/h6H,3-4H2,1-2H3;2*1H3,(H,3,4);/q;;;+2/p-2. The van der Waals surface area contributed by atoms with Gasteiger partial charge >= 0.3 is 37.7 Å². The summed E-state index contributed by atoms with van der Waals surface area (Å²) in [6.45, 7) is 2.97. The second-order valence-corrected chi connectivity index (χ2v) is 2.51. The van der Waals surface area contributed by atoms with Crippen LogP contribution in [0.4, 0.5) is 0 Å². The molecular weight excluding hydrogens is 230 g/mol. The maximum Gasteiger partial charge on any atom is 2.00 e. The van der Waals surface area contributed by atoms with Gasteiger partial charge < -0.3 is 29.8 Å². The SMILES string of the molecule is CC(=O)[O-].CC(=O)[O-].CN(C)CCO.[Ca+2]. The number of rotatable bonds is 2. The Bertz CT molecular complexity index is 132. The van der Waals surface area contributed by atoms with Crippen LogP contribution in [0.25, 0.3) is 0 Å². The van der Waals surface area contributed by atoms with Crippen molar-refractivity contribution in [2.24, 2.45) is 0 Å². The first-order valence-electron chi connectivity index (χ1n) is 3.84. The van der Waals surface area contributed by atoms with Gasteiger partial charge in [-0.25, -0.2) is 0 Å². The van der Waals surface area contributed by atoms with E-state index in [-0.39, 0.29) is 44.3 Å². The Morgan fingerprint density at radius 2 is 1.33 bits per heavy atom. The minimum atomic E-state index is -1.08. The van der Waals surface area contributed by atoms with Crippen molar-refractivity contribution in [1.82, 2.24) is 4.90 Å². The van der Waals surface area contributed by atoms with Gasteiger partial charge in [-0.15, -0.1) is 0 Å². The van der Waals surface area contributed by atoms with Gasteiger partial charge in [0.25, 0.3) is 0 Å². The Morgan fingerprint density at radius 1 is 1.13 bits per heavy atom. The Labute approximate surface area is 120 Å². The van der Waals surface area contributed by atoms with Crippen LogP contribution in [-0.2, 0) is 9.59 Å². The molecule has 15 heavy (non-hydrogen) atoms. The summed E-state index contributed by atoms with van der Waals surface area (Å²) in [4.78, 5) is 19.7. The molecule has 0 amide bonds. The Morgan fingerprint density at radius 3 is 1.33 bits per heavy atom. The largest absolute Gasteiger partial charge is 2.00 e. The number of aliphatic carboxylic acids is 2. The summed E-state index contributed by atoms with van der Waals surface area (Å²) < 4.78 is 0. The third-order valence-electron chi connectivity index (χ3n) is 0.547. The van der Waals surface area contributed by atoms with Gasteiger partial charge in [0.05, 0.1) is 6.61 Å². The minimum absolute atomic E-state index is 0. The Balaban J connectivity index is -0.0000000606. The van der Waals surface area contributed by atoms with Crippen molar-refractivity contribution in [1.29, 1.82) is 0 Å². The van der Waals surface area contributed by atoms with Crippen LogP contribution in [-0.4, -0.2) is 86.9 Å². The second kappa shape index (κ2) is 19.7. The minimum Gasteiger partial charge on any atom is -0.550 e. The van der Waals surface area contributed by atoms with Crippen LogP contribution in [0, 0.1) is 0 Å². The van der Waals surface area contributed by atoms with E-state index >= 15 is 0 Å². The van der Waals surface area contributed by atoms with Gasteiger partial charge in [0.1, 0.15) is 0 Å². The number of hydrogen-bond acceptors (Lipinski definition) is 6. The van der Waals surface area contributed by atoms with Gasteiger partial charge in [-0.2, -0.15) is 0 Å². The molecule has 0 radical (unpaired) electrons. The van der Waals surface area contributed by atoms with Gasteiger partial charge in [0.2, 0.25) is 0 Å². The number of nitrogens with zero attached hydrogens (tertiary/aromatic N) is 1. The molecule has 86 valence electrons. The monoisotopic (exact) mass is 247 g/mol. The molecule has 0 bridgehead atoms. The number of aliphatic hydroxyl groups excluding tert-OH is 1. The van der Waals surface area contributed by atoms with Gasteiger partial charge in [-0.3, -0.25) is 0 Å². The van der Waals surface area contributed by atoms with Crippen molar-refractivity contribution < 1.29 is 24.9 Å². The van der Waals surface area contributed by atoms with Gasteiger partial charge in [-0.1, -0.05) is 0 Å². The maximum atomic E-state index is 8.89. The number of carboxylic acids is 2. The predicted molar refractivity (Wildman–Crippen MR) is 52.8 cm³/mol. The van der Waals surface area contributed by atoms with Crippen LogP contribution in [0.5, 0.6) is 0 Å². The van der Waals surface area contributed by atoms with E-state index in [1.807, 2.05) is 19.0 Å². The zero-order chi connectivity index (χ0) is 12.1. The topological polar surface area (TPSA) is 104 Å². The molecular formula is C8H17CaNO5. The second-order valence-electron chi connectivity index (χ2n) is 2.51. The summed E-state index contributed by atoms with van der Waals surface area (Å²) >= 11 is 0.